The van der Waals surface area contributed by atoms with Crippen molar-refractivity contribution in [1.29, 1.82) is 0 Å². The van der Waals surface area contributed by atoms with E-state index < -0.39 is 0 Å². The summed E-state index contributed by atoms with van der Waals surface area (Å²) < 4.78 is 0. The van der Waals surface area contributed by atoms with Crippen molar-refractivity contribution in [2.45, 2.75) is 46.7 Å². The lowest BCUT2D eigenvalue weighted by Gasteiger charge is -2.28. The standard InChI is InChI=1S/C15H24N2O/c1-11(2)9-15(18)17(12(3)4)14-7-5-13(10-16)6-8-14/h5-8,11-12H,9-10,16H2,1-4H3. The Labute approximate surface area is 110 Å². The van der Waals surface area contributed by atoms with Crippen LogP contribution in [0.4, 0.5) is 5.69 Å². The highest BCUT2D eigenvalue weighted by Crippen LogP contribution is 2.20. The molecular weight excluding hydrogens is 224 g/mol. The number of nitrogens with zero attached hydrogens (tertiary/aromatic N) is 1. The molecule has 1 aromatic rings. The van der Waals surface area contributed by atoms with Crippen LogP contribution in [0.25, 0.3) is 0 Å². The average Bonchev–Trinajstić information content (AvgIpc) is 2.28. The molecule has 0 bridgehead atoms. The molecule has 0 atom stereocenters. The second kappa shape index (κ2) is 6.55. The summed E-state index contributed by atoms with van der Waals surface area (Å²) in [6.45, 7) is 8.73. The minimum absolute atomic E-state index is 0.167. The highest BCUT2D eigenvalue weighted by atomic mass is 16.2. The van der Waals surface area contributed by atoms with Crippen LogP contribution in [0.15, 0.2) is 24.3 Å². The first-order valence-electron chi connectivity index (χ1n) is 6.56. The summed E-state index contributed by atoms with van der Waals surface area (Å²) in [6.07, 6.45) is 0.580. The number of carbonyl (C=O) groups is 1. The molecule has 0 aliphatic rings. The molecular formula is C15H24N2O. The largest absolute Gasteiger partial charge is 0.326 e. The summed E-state index contributed by atoms with van der Waals surface area (Å²) in [5, 5.41) is 0. The van der Waals surface area contributed by atoms with E-state index >= 15 is 0 Å². The van der Waals surface area contributed by atoms with E-state index in [2.05, 4.69) is 13.8 Å². The Morgan fingerprint density at radius 2 is 1.72 bits per heavy atom. The van der Waals surface area contributed by atoms with E-state index in [0.717, 1.165) is 11.3 Å². The molecule has 0 radical (unpaired) electrons. The van der Waals surface area contributed by atoms with Gasteiger partial charge in [0.1, 0.15) is 0 Å². The van der Waals surface area contributed by atoms with Crippen LogP contribution in [-0.4, -0.2) is 11.9 Å². The smallest absolute Gasteiger partial charge is 0.227 e. The molecule has 0 unspecified atom stereocenters. The zero-order chi connectivity index (χ0) is 13.7. The predicted octanol–water partition coefficient (Wildman–Crippen LogP) is 2.93. The summed E-state index contributed by atoms with van der Waals surface area (Å²) in [5.41, 5.74) is 7.61. The fraction of sp³-hybridized carbons (Fsp3) is 0.533. The Bertz CT molecular complexity index is 382. The van der Waals surface area contributed by atoms with Gasteiger partial charge in [0.15, 0.2) is 0 Å². The fourth-order valence-electron chi connectivity index (χ4n) is 1.97. The van der Waals surface area contributed by atoms with Crippen molar-refractivity contribution in [3.8, 4) is 0 Å². The lowest BCUT2D eigenvalue weighted by molar-refractivity contribution is -0.119. The molecule has 0 aliphatic heterocycles. The first-order valence-corrected chi connectivity index (χ1v) is 6.56. The third-order valence-electron chi connectivity index (χ3n) is 2.82. The quantitative estimate of drug-likeness (QED) is 0.871. The van der Waals surface area contributed by atoms with Crippen molar-refractivity contribution in [3.05, 3.63) is 29.8 Å². The molecule has 3 heteroatoms. The summed E-state index contributed by atoms with van der Waals surface area (Å²) in [6, 6.07) is 8.07. The van der Waals surface area contributed by atoms with Gasteiger partial charge < -0.3 is 10.6 Å². The van der Waals surface area contributed by atoms with Crippen LogP contribution in [-0.2, 0) is 11.3 Å². The number of nitrogens with two attached hydrogens (primary N) is 1. The lowest BCUT2D eigenvalue weighted by Crippen LogP contribution is -2.37. The fourth-order valence-corrected chi connectivity index (χ4v) is 1.97. The third kappa shape index (κ3) is 3.84. The summed E-state index contributed by atoms with van der Waals surface area (Å²) in [4.78, 5) is 14.1. The molecule has 100 valence electrons. The molecule has 0 heterocycles. The summed E-state index contributed by atoms with van der Waals surface area (Å²) in [7, 11) is 0. The minimum atomic E-state index is 0.167. The summed E-state index contributed by atoms with van der Waals surface area (Å²) >= 11 is 0. The van der Waals surface area contributed by atoms with E-state index in [-0.39, 0.29) is 11.9 Å². The zero-order valence-corrected chi connectivity index (χ0v) is 11.8. The van der Waals surface area contributed by atoms with Crippen LogP contribution >= 0.6 is 0 Å². The molecule has 1 amide bonds. The van der Waals surface area contributed by atoms with Crippen molar-refractivity contribution < 1.29 is 4.79 Å². The van der Waals surface area contributed by atoms with Gasteiger partial charge in [-0.25, -0.2) is 0 Å². The number of benzene rings is 1. The SMILES string of the molecule is CC(C)CC(=O)N(c1ccc(CN)cc1)C(C)C. The Kier molecular flexibility index (Phi) is 5.35. The van der Waals surface area contributed by atoms with Gasteiger partial charge in [0.2, 0.25) is 5.91 Å². The molecule has 0 saturated heterocycles. The van der Waals surface area contributed by atoms with Gasteiger partial charge in [-0.05, 0) is 37.5 Å². The van der Waals surface area contributed by atoms with Gasteiger partial charge in [-0.1, -0.05) is 26.0 Å². The van der Waals surface area contributed by atoms with Crippen molar-refractivity contribution in [1.82, 2.24) is 0 Å². The molecule has 1 rings (SSSR count). The van der Waals surface area contributed by atoms with Gasteiger partial charge in [0.25, 0.3) is 0 Å². The van der Waals surface area contributed by atoms with Crippen LogP contribution in [0.2, 0.25) is 0 Å². The highest BCUT2D eigenvalue weighted by Gasteiger charge is 2.19. The number of anilines is 1. The number of hydrogen-bond acceptors (Lipinski definition) is 2. The predicted molar refractivity (Wildman–Crippen MR) is 76.4 cm³/mol. The maximum atomic E-state index is 12.3. The second-order valence-corrected chi connectivity index (χ2v) is 5.33. The maximum absolute atomic E-state index is 12.3. The van der Waals surface area contributed by atoms with Crippen molar-refractivity contribution in [2.24, 2.45) is 11.7 Å². The molecule has 0 aliphatic carbocycles. The monoisotopic (exact) mass is 248 g/mol. The molecule has 0 saturated carbocycles. The topological polar surface area (TPSA) is 46.3 Å². The zero-order valence-electron chi connectivity index (χ0n) is 11.8. The van der Waals surface area contributed by atoms with Crippen molar-refractivity contribution >= 4 is 11.6 Å². The van der Waals surface area contributed by atoms with Crippen LogP contribution in [0.1, 0.15) is 39.7 Å². The Hall–Kier alpha value is -1.35. The molecule has 0 spiro atoms. The van der Waals surface area contributed by atoms with E-state index in [9.17, 15) is 4.79 Å². The first-order chi connectivity index (χ1) is 8.45. The third-order valence-corrected chi connectivity index (χ3v) is 2.82. The maximum Gasteiger partial charge on any atom is 0.227 e. The van der Waals surface area contributed by atoms with Gasteiger partial charge in [0, 0.05) is 24.7 Å². The molecule has 0 aromatic heterocycles. The second-order valence-electron chi connectivity index (χ2n) is 5.33. The molecule has 1 aromatic carbocycles. The molecule has 0 fully saturated rings. The van der Waals surface area contributed by atoms with Gasteiger partial charge in [-0.15, -0.1) is 0 Å². The summed E-state index contributed by atoms with van der Waals surface area (Å²) in [5.74, 6) is 0.558. The van der Waals surface area contributed by atoms with Crippen molar-refractivity contribution in [3.63, 3.8) is 0 Å². The lowest BCUT2D eigenvalue weighted by atomic mass is 10.1. The van der Waals surface area contributed by atoms with Gasteiger partial charge in [-0.2, -0.15) is 0 Å². The van der Waals surface area contributed by atoms with Gasteiger partial charge in [0.05, 0.1) is 0 Å². The van der Waals surface area contributed by atoms with E-state index in [1.54, 1.807) is 0 Å². The average molecular weight is 248 g/mol. The molecule has 3 nitrogen and oxygen atoms in total. The minimum Gasteiger partial charge on any atom is -0.326 e. The van der Waals surface area contributed by atoms with Gasteiger partial charge >= 0.3 is 0 Å². The van der Waals surface area contributed by atoms with Crippen LogP contribution < -0.4 is 10.6 Å². The molecule has 2 N–H and O–H groups in total. The molecule has 18 heavy (non-hydrogen) atoms. The number of rotatable bonds is 5. The number of hydrogen-bond donors (Lipinski definition) is 1. The number of amides is 1. The Morgan fingerprint density at radius 3 is 2.11 bits per heavy atom. The van der Waals surface area contributed by atoms with E-state index in [4.69, 9.17) is 5.73 Å². The van der Waals surface area contributed by atoms with Crippen molar-refractivity contribution in [2.75, 3.05) is 4.90 Å². The number of carbonyl (C=O) groups excluding carboxylic acids is 1. The van der Waals surface area contributed by atoms with E-state index in [0.29, 0.717) is 18.9 Å². The van der Waals surface area contributed by atoms with Crippen LogP contribution in [0.5, 0.6) is 0 Å². The van der Waals surface area contributed by atoms with Crippen LogP contribution in [0.3, 0.4) is 0 Å². The first kappa shape index (κ1) is 14.7. The Balaban J connectivity index is 2.93. The Morgan fingerprint density at radius 1 is 1.17 bits per heavy atom. The van der Waals surface area contributed by atoms with E-state index in [1.165, 1.54) is 0 Å². The van der Waals surface area contributed by atoms with Crippen LogP contribution in [0, 0.1) is 5.92 Å². The van der Waals surface area contributed by atoms with E-state index in [1.807, 2.05) is 43.0 Å². The van der Waals surface area contributed by atoms with Gasteiger partial charge in [-0.3, -0.25) is 4.79 Å². The highest BCUT2D eigenvalue weighted by molar-refractivity contribution is 5.93. The normalized spacial score (nSPS) is 11.1.